The molecule has 2 aliphatic rings. The van der Waals surface area contributed by atoms with Crippen molar-refractivity contribution in [3.63, 3.8) is 0 Å². The van der Waals surface area contributed by atoms with Crippen molar-refractivity contribution in [3.8, 4) is 11.1 Å². The zero-order chi connectivity index (χ0) is 19.8. The molecule has 0 saturated carbocycles. The summed E-state index contributed by atoms with van der Waals surface area (Å²) in [4.78, 5) is 19.3. The molecule has 1 aromatic heterocycles. The molecule has 29 heavy (non-hydrogen) atoms. The Labute approximate surface area is 170 Å². The van der Waals surface area contributed by atoms with Gasteiger partial charge in [-0.15, -0.1) is 0 Å². The molecule has 0 bridgehead atoms. The van der Waals surface area contributed by atoms with E-state index in [0.717, 1.165) is 28.8 Å². The summed E-state index contributed by atoms with van der Waals surface area (Å²) in [6, 6.07) is 20.1. The summed E-state index contributed by atoms with van der Waals surface area (Å²) in [5.74, 6) is 0.207. The summed E-state index contributed by atoms with van der Waals surface area (Å²) in [5, 5.41) is 13.5. The normalized spacial score (nSPS) is 22.5. The molecule has 0 spiro atoms. The molecular weight excluding hydrogens is 362 g/mol. The van der Waals surface area contributed by atoms with Crippen molar-refractivity contribution in [2.24, 2.45) is 5.92 Å². The van der Waals surface area contributed by atoms with Crippen molar-refractivity contribution in [1.29, 1.82) is 0 Å². The molecule has 2 aromatic carbocycles. The van der Waals surface area contributed by atoms with Crippen molar-refractivity contribution in [2.45, 2.75) is 18.5 Å². The Hall–Kier alpha value is -3.18. The standard InChI is InChI=1S/C24H23N3O2/c28-15-22-19-10-13-27(24(29)17-8-11-25-12-9-17)23(19)20-14-18(6-7-21(20)26-22)16-4-2-1-3-5-16/h1-9,11-12,14,19,22-23,26,28H,10,13,15H2/t19-,22+,23-/m1/s1. The number of hydrogen-bond acceptors (Lipinski definition) is 4. The van der Waals surface area contributed by atoms with Crippen LogP contribution in [0.3, 0.4) is 0 Å². The van der Waals surface area contributed by atoms with Gasteiger partial charge in [-0.3, -0.25) is 9.78 Å². The number of fused-ring (bicyclic) bond motifs is 3. The van der Waals surface area contributed by atoms with Crippen molar-refractivity contribution in [3.05, 3.63) is 84.2 Å². The number of anilines is 1. The van der Waals surface area contributed by atoms with Crippen LogP contribution in [0.5, 0.6) is 0 Å². The second kappa shape index (κ2) is 7.33. The molecule has 2 N–H and O–H groups in total. The van der Waals surface area contributed by atoms with Gasteiger partial charge < -0.3 is 15.3 Å². The Morgan fingerprint density at radius 3 is 2.62 bits per heavy atom. The van der Waals surface area contributed by atoms with Gasteiger partial charge in [-0.05, 0) is 47.4 Å². The number of carbonyl (C=O) groups is 1. The molecule has 1 fully saturated rings. The first-order valence-corrected chi connectivity index (χ1v) is 10.0. The van der Waals surface area contributed by atoms with Crippen LogP contribution in [0.25, 0.3) is 11.1 Å². The highest BCUT2D eigenvalue weighted by molar-refractivity contribution is 5.94. The lowest BCUT2D eigenvalue weighted by Gasteiger charge is -2.39. The zero-order valence-corrected chi connectivity index (χ0v) is 16.0. The second-order valence-electron chi connectivity index (χ2n) is 7.73. The largest absolute Gasteiger partial charge is 0.394 e. The summed E-state index contributed by atoms with van der Waals surface area (Å²) < 4.78 is 0. The zero-order valence-electron chi connectivity index (χ0n) is 16.0. The number of nitrogens with zero attached hydrogens (tertiary/aromatic N) is 2. The third-order valence-electron chi connectivity index (χ3n) is 6.16. The van der Waals surface area contributed by atoms with E-state index in [2.05, 4.69) is 40.6 Å². The first-order valence-electron chi connectivity index (χ1n) is 10.0. The van der Waals surface area contributed by atoms with Gasteiger partial charge in [0.05, 0.1) is 18.7 Å². The molecule has 0 aliphatic carbocycles. The average molecular weight is 385 g/mol. The highest BCUT2D eigenvalue weighted by Crippen LogP contribution is 2.47. The van der Waals surface area contributed by atoms with Gasteiger partial charge in [-0.2, -0.15) is 0 Å². The fourth-order valence-corrected chi connectivity index (χ4v) is 4.76. The SMILES string of the molecule is O=C(c1ccncc1)N1CC[C@@H]2[C@H](CO)Nc3ccc(-c4ccccc4)cc3[C@@H]21. The van der Waals surface area contributed by atoms with Crippen LogP contribution in [0, 0.1) is 5.92 Å². The fourth-order valence-electron chi connectivity index (χ4n) is 4.76. The van der Waals surface area contributed by atoms with E-state index < -0.39 is 0 Å². The van der Waals surface area contributed by atoms with Gasteiger partial charge in [0.2, 0.25) is 0 Å². The number of aliphatic hydroxyl groups excluding tert-OH is 1. The molecule has 146 valence electrons. The molecular formula is C24H23N3O2. The van der Waals surface area contributed by atoms with Crippen molar-refractivity contribution < 1.29 is 9.90 Å². The number of likely N-dealkylation sites (tertiary alicyclic amines) is 1. The highest BCUT2D eigenvalue weighted by Gasteiger charge is 2.45. The van der Waals surface area contributed by atoms with Crippen molar-refractivity contribution >= 4 is 11.6 Å². The van der Waals surface area contributed by atoms with Gasteiger partial charge in [0.25, 0.3) is 5.91 Å². The lowest BCUT2D eigenvalue weighted by Crippen LogP contribution is -2.42. The predicted molar refractivity (Wildman–Crippen MR) is 112 cm³/mol. The van der Waals surface area contributed by atoms with Gasteiger partial charge in [-0.1, -0.05) is 36.4 Å². The summed E-state index contributed by atoms with van der Waals surface area (Å²) in [6.45, 7) is 0.738. The Bertz CT molecular complexity index is 1020. The van der Waals surface area contributed by atoms with E-state index in [9.17, 15) is 9.90 Å². The second-order valence-corrected chi connectivity index (χ2v) is 7.73. The Morgan fingerprint density at radius 1 is 1.07 bits per heavy atom. The van der Waals surface area contributed by atoms with Gasteiger partial charge in [0.1, 0.15) is 0 Å². The molecule has 1 saturated heterocycles. The highest BCUT2D eigenvalue weighted by atomic mass is 16.3. The van der Waals surface area contributed by atoms with Gasteiger partial charge in [0.15, 0.2) is 0 Å². The Kier molecular flexibility index (Phi) is 4.52. The molecule has 5 heteroatoms. The van der Waals surface area contributed by atoms with Crippen molar-refractivity contribution in [1.82, 2.24) is 9.88 Å². The first-order chi connectivity index (χ1) is 14.3. The third kappa shape index (κ3) is 3.08. The molecule has 0 radical (unpaired) electrons. The van der Waals surface area contributed by atoms with Crippen molar-refractivity contribution in [2.75, 3.05) is 18.5 Å². The van der Waals surface area contributed by atoms with Crippen LogP contribution in [0.1, 0.15) is 28.4 Å². The van der Waals surface area contributed by atoms with E-state index in [-0.39, 0.29) is 30.5 Å². The van der Waals surface area contributed by atoms with Crippen LogP contribution in [0.2, 0.25) is 0 Å². The molecule has 1 amide bonds. The fraction of sp³-hybridized carbons (Fsp3) is 0.250. The Balaban J connectivity index is 1.58. The summed E-state index contributed by atoms with van der Waals surface area (Å²) in [5.41, 5.74) is 5.07. The third-order valence-corrected chi connectivity index (χ3v) is 6.16. The number of aliphatic hydroxyl groups is 1. The molecule has 5 nitrogen and oxygen atoms in total. The van der Waals surface area contributed by atoms with Crippen LogP contribution in [-0.2, 0) is 0 Å². The number of pyridine rings is 1. The van der Waals surface area contributed by atoms with Gasteiger partial charge in [-0.25, -0.2) is 0 Å². The monoisotopic (exact) mass is 385 g/mol. The summed E-state index contributed by atoms with van der Waals surface area (Å²) >= 11 is 0. The van der Waals surface area contributed by atoms with Crippen LogP contribution >= 0.6 is 0 Å². The Morgan fingerprint density at radius 2 is 1.86 bits per heavy atom. The van der Waals surface area contributed by atoms with Gasteiger partial charge in [0, 0.05) is 36.1 Å². The number of nitrogens with one attached hydrogen (secondary N) is 1. The number of benzene rings is 2. The minimum absolute atomic E-state index is 0.0227. The minimum Gasteiger partial charge on any atom is -0.394 e. The van der Waals surface area contributed by atoms with Crippen LogP contribution < -0.4 is 5.32 Å². The first kappa shape index (κ1) is 17.9. The molecule has 3 atom stereocenters. The number of rotatable bonds is 3. The number of hydrogen-bond donors (Lipinski definition) is 2. The maximum atomic E-state index is 13.3. The van der Waals surface area contributed by atoms with E-state index in [1.54, 1.807) is 24.5 Å². The number of amides is 1. The number of aromatic nitrogens is 1. The summed E-state index contributed by atoms with van der Waals surface area (Å²) in [6.07, 6.45) is 4.18. The maximum absolute atomic E-state index is 13.3. The summed E-state index contributed by atoms with van der Waals surface area (Å²) in [7, 11) is 0. The minimum atomic E-state index is -0.0506. The average Bonchev–Trinajstić information content (AvgIpc) is 3.24. The topological polar surface area (TPSA) is 65.5 Å². The van der Waals surface area contributed by atoms with E-state index >= 15 is 0 Å². The number of carbonyl (C=O) groups excluding carboxylic acids is 1. The maximum Gasteiger partial charge on any atom is 0.254 e. The van der Waals surface area contributed by atoms with Crippen LogP contribution in [0.15, 0.2) is 73.1 Å². The molecule has 3 heterocycles. The molecule has 3 aromatic rings. The predicted octanol–water partition coefficient (Wildman–Crippen LogP) is 3.74. The molecule has 5 rings (SSSR count). The molecule has 2 aliphatic heterocycles. The van der Waals surface area contributed by atoms with E-state index in [4.69, 9.17) is 0 Å². The molecule has 0 unspecified atom stereocenters. The van der Waals surface area contributed by atoms with Gasteiger partial charge >= 0.3 is 0 Å². The van der Waals surface area contributed by atoms with E-state index in [0.29, 0.717) is 12.1 Å². The quantitative estimate of drug-likeness (QED) is 0.721. The van der Waals surface area contributed by atoms with E-state index in [1.165, 1.54) is 0 Å². The lowest BCUT2D eigenvalue weighted by atomic mass is 9.82. The van der Waals surface area contributed by atoms with Crippen LogP contribution in [-0.4, -0.2) is 40.1 Å². The lowest BCUT2D eigenvalue weighted by molar-refractivity contribution is 0.0701. The van der Waals surface area contributed by atoms with E-state index in [1.807, 2.05) is 23.1 Å². The van der Waals surface area contributed by atoms with Crippen LogP contribution in [0.4, 0.5) is 5.69 Å². The smallest absolute Gasteiger partial charge is 0.254 e.